The zero-order valence-corrected chi connectivity index (χ0v) is 17.5. The number of epoxide rings is 4. The van der Waals surface area contributed by atoms with Crippen LogP contribution < -0.4 is 14.5 Å². The van der Waals surface area contributed by atoms with Crippen LogP contribution in [0.5, 0.6) is 11.5 Å². The smallest absolute Gasteiger partial charge is 0.150 e. The molecule has 6 rings (SSSR count). The first-order chi connectivity index (χ1) is 15.3. The summed E-state index contributed by atoms with van der Waals surface area (Å²) in [5.41, 5.74) is 2.15. The van der Waals surface area contributed by atoms with Gasteiger partial charge >= 0.3 is 0 Å². The van der Waals surface area contributed by atoms with Gasteiger partial charge in [0.1, 0.15) is 0 Å². The maximum Gasteiger partial charge on any atom is 0.150 e. The molecule has 0 aromatic heterocycles. The Kier molecular flexibility index (Phi) is 5.20. The average Bonchev–Trinajstić information content (AvgIpc) is 3.62. The third kappa shape index (κ3) is 5.13. The maximum atomic E-state index is 6.56. The predicted molar refractivity (Wildman–Crippen MR) is 116 cm³/mol. The fourth-order valence-electron chi connectivity index (χ4n) is 3.95. The van der Waals surface area contributed by atoms with Crippen molar-refractivity contribution in [1.82, 2.24) is 0 Å². The van der Waals surface area contributed by atoms with Crippen LogP contribution in [0.1, 0.15) is 0 Å². The summed E-state index contributed by atoms with van der Waals surface area (Å²) in [7, 11) is 0. The summed E-state index contributed by atoms with van der Waals surface area (Å²) < 4.78 is 28.6. The Morgan fingerprint density at radius 1 is 0.581 bits per heavy atom. The normalized spacial score (nSPS) is 27.5. The van der Waals surface area contributed by atoms with E-state index in [4.69, 9.17) is 23.7 Å². The van der Waals surface area contributed by atoms with E-state index in [1.165, 1.54) is 0 Å². The zero-order chi connectivity index (χ0) is 20.6. The monoisotopic (exact) mass is 424 g/mol. The van der Waals surface area contributed by atoms with E-state index in [9.17, 15) is 0 Å². The molecule has 4 unspecified atom stereocenters. The SMILES string of the molecule is c1ccc(N(CC2CO2)CC2CO2)c(Oc2ccccc2N(CC2CO2)CC2CO2)c1. The molecule has 0 spiro atoms. The Bertz CT molecular complexity index is 807. The van der Waals surface area contributed by atoms with Gasteiger partial charge in [-0.05, 0) is 24.3 Å². The van der Waals surface area contributed by atoms with Gasteiger partial charge in [-0.3, -0.25) is 0 Å². The summed E-state index contributed by atoms with van der Waals surface area (Å²) >= 11 is 0. The van der Waals surface area contributed by atoms with E-state index in [-0.39, 0.29) is 0 Å². The fourth-order valence-corrected chi connectivity index (χ4v) is 3.95. The second kappa shape index (κ2) is 8.31. The van der Waals surface area contributed by atoms with Gasteiger partial charge in [-0.1, -0.05) is 24.3 Å². The third-order valence-corrected chi connectivity index (χ3v) is 5.94. The number of ether oxygens (including phenoxy) is 5. The van der Waals surface area contributed by atoms with Gasteiger partial charge < -0.3 is 33.5 Å². The van der Waals surface area contributed by atoms with Gasteiger partial charge in [0.15, 0.2) is 11.5 Å². The molecular formula is C24H28N2O5. The van der Waals surface area contributed by atoms with E-state index in [0.29, 0.717) is 24.4 Å². The Hall–Kier alpha value is -2.32. The summed E-state index contributed by atoms with van der Waals surface area (Å²) in [5, 5.41) is 0. The van der Waals surface area contributed by atoms with Gasteiger partial charge in [0.25, 0.3) is 0 Å². The highest BCUT2D eigenvalue weighted by Gasteiger charge is 2.33. The van der Waals surface area contributed by atoms with Crippen molar-refractivity contribution in [3.05, 3.63) is 48.5 Å². The molecule has 0 N–H and O–H groups in total. The quantitative estimate of drug-likeness (QED) is 0.486. The highest BCUT2D eigenvalue weighted by Crippen LogP contribution is 2.39. The van der Waals surface area contributed by atoms with Crippen molar-refractivity contribution in [1.29, 1.82) is 0 Å². The van der Waals surface area contributed by atoms with Crippen molar-refractivity contribution >= 4 is 11.4 Å². The minimum absolute atomic E-state index is 0.298. The molecule has 31 heavy (non-hydrogen) atoms. The number of benzene rings is 2. The first-order valence-electron chi connectivity index (χ1n) is 11.1. The third-order valence-electron chi connectivity index (χ3n) is 5.94. The van der Waals surface area contributed by atoms with Gasteiger partial charge in [0.2, 0.25) is 0 Å². The molecule has 0 bridgehead atoms. The van der Waals surface area contributed by atoms with Crippen LogP contribution in [0.2, 0.25) is 0 Å². The molecule has 4 aliphatic rings. The molecule has 0 radical (unpaired) electrons. The average molecular weight is 424 g/mol. The number of nitrogens with zero attached hydrogens (tertiary/aromatic N) is 2. The zero-order valence-electron chi connectivity index (χ0n) is 17.5. The Morgan fingerprint density at radius 2 is 0.903 bits per heavy atom. The summed E-state index contributed by atoms with van der Waals surface area (Å²) in [6.07, 6.45) is 1.19. The van der Waals surface area contributed by atoms with Crippen molar-refractivity contribution in [3.8, 4) is 11.5 Å². The van der Waals surface area contributed by atoms with Gasteiger partial charge in [-0.2, -0.15) is 0 Å². The molecule has 2 aromatic rings. The van der Waals surface area contributed by atoms with Gasteiger partial charge in [0.05, 0.1) is 62.2 Å². The molecule has 4 heterocycles. The summed E-state index contributed by atoms with van der Waals surface area (Å²) in [5.74, 6) is 1.70. The van der Waals surface area contributed by atoms with E-state index in [0.717, 1.165) is 75.5 Å². The molecular weight excluding hydrogens is 396 g/mol. The summed E-state index contributed by atoms with van der Waals surface area (Å²) in [6, 6.07) is 16.5. The first-order valence-corrected chi connectivity index (χ1v) is 11.1. The maximum absolute atomic E-state index is 6.56. The molecule has 0 saturated carbocycles. The standard InChI is InChI=1S/C24H28N2O5/c1-3-7-23(21(5-1)25(9-17-13-27-17)10-18-14-28-18)31-24-8-4-2-6-22(24)26(11-19-15-29-19)12-20-16-30-20/h1-8,17-20H,9-16H2. The number of rotatable bonds is 12. The lowest BCUT2D eigenvalue weighted by molar-refractivity contribution is 0.386. The number of para-hydroxylation sites is 4. The van der Waals surface area contributed by atoms with Crippen LogP contribution in [0.4, 0.5) is 11.4 Å². The van der Waals surface area contributed by atoms with Crippen LogP contribution in [0, 0.1) is 0 Å². The fraction of sp³-hybridized carbons (Fsp3) is 0.500. The second-order valence-corrected chi connectivity index (χ2v) is 8.67. The van der Waals surface area contributed by atoms with Crippen molar-refractivity contribution in [2.24, 2.45) is 0 Å². The Balaban J connectivity index is 1.26. The lowest BCUT2D eigenvalue weighted by Crippen LogP contribution is -2.32. The number of anilines is 2. The number of hydrogen-bond donors (Lipinski definition) is 0. The lowest BCUT2D eigenvalue weighted by Gasteiger charge is -2.28. The van der Waals surface area contributed by atoms with Gasteiger partial charge in [-0.15, -0.1) is 0 Å². The van der Waals surface area contributed by atoms with Crippen LogP contribution in [0.15, 0.2) is 48.5 Å². The van der Waals surface area contributed by atoms with Crippen LogP contribution in [0.25, 0.3) is 0 Å². The van der Waals surface area contributed by atoms with Gasteiger partial charge in [0, 0.05) is 26.2 Å². The predicted octanol–water partition coefficient (Wildman–Crippen LogP) is 2.69. The molecule has 0 aliphatic carbocycles. The highest BCUT2D eigenvalue weighted by molar-refractivity contribution is 5.64. The molecule has 7 nitrogen and oxygen atoms in total. The minimum atomic E-state index is 0.298. The Labute approximate surface area is 182 Å². The molecule has 0 amide bonds. The van der Waals surface area contributed by atoms with E-state index in [2.05, 4.69) is 34.1 Å². The van der Waals surface area contributed by atoms with E-state index in [1.807, 2.05) is 24.3 Å². The number of hydrogen-bond acceptors (Lipinski definition) is 7. The molecule has 2 aromatic carbocycles. The topological polar surface area (TPSA) is 65.8 Å². The molecule has 4 atom stereocenters. The van der Waals surface area contributed by atoms with E-state index < -0.39 is 0 Å². The molecule has 4 fully saturated rings. The second-order valence-electron chi connectivity index (χ2n) is 8.67. The van der Waals surface area contributed by atoms with E-state index in [1.54, 1.807) is 0 Å². The minimum Gasteiger partial charge on any atom is -0.453 e. The van der Waals surface area contributed by atoms with Crippen LogP contribution in [0.3, 0.4) is 0 Å². The summed E-state index contributed by atoms with van der Waals surface area (Å²) in [4.78, 5) is 4.67. The largest absolute Gasteiger partial charge is 0.453 e. The summed E-state index contributed by atoms with van der Waals surface area (Å²) in [6.45, 7) is 6.73. The van der Waals surface area contributed by atoms with E-state index >= 15 is 0 Å². The van der Waals surface area contributed by atoms with Gasteiger partial charge in [-0.25, -0.2) is 0 Å². The lowest BCUT2D eigenvalue weighted by atomic mass is 10.2. The van der Waals surface area contributed by atoms with Crippen molar-refractivity contribution in [2.45, 2.75) is 24.4 Å². The Morgan fingerprint density at radius 3 is 1.23 bits per heavy atom. The molecule has 4 aliphatic heterocycles. The van der Waals surface area contributed by atoms with Crippen LogP contribution in [-0.4, -0.2) is 77.0 Å². The molecule has 7 heteroatoms. The molecule has 4 saturated heterocycles. The first kappa shape index (κ1) is 19.4. The van der Waals surface area contributed by atoms with Crippen molar-refractivity contribution in [3.63, 3.8) is 0 Å². The van der Waals surface area contributed by atoms with Crippen molar-refractivity contribution in [2.75, 3.05) is 62.4 Å². The highest BCUT2D eigenvalue weighted by atomic mass is 16.6. The van der Waals surface area contributed by atoms with Crippen molar-refractivity contribution < 1.29 is 23.7 Å². The van der Waals surface area contributed by atoms with Crippen LogP contribution >= 0.6 is 0 Å². The van der Waals surface area contributed by atoms with Crippen LogP contribution in [-0.2, 0) is 18.9 Å². The molecule has 164 valence electrons.